The van der Waals surface area contributed by atoms with Gasteiger partial charge >= 0.3 is 0 Å². The van der Waals surface area contributed by atoms with Gasteiger partial charge in [-0.1, -0.05) is 12.2 Å². The van der Waals surface area contributed by atoms with Crippen LogP contribution in [-0.4, -0.2) is 10.8 Å². The molecule has 1 aromatic heterocycles. The Morgan fingerprint density at radius 3 is 2.92 bits per heavy atom. The minimum atomic E-state index is -0.575. The van der Waals surface area contributed by atoms with Gasteiger partial charge in [0.05, 0.1) is 0 Å². The summed E-state index contributed by atoms with van der Waals surface area (Å²) in [7, 11) is 0. The van der Waals surface area contributed by atoms with E-state index in [0.29, 0.717) is 5.57 Å². The molecular weight excluding hydrogens is 169 g/mol. The van der Waals surface area contributed by atoms with Crippen molar-refractivity contribution in [2.45, 2.75) is 13.3 Å². The highest BCUT2D eigenvalue weighted by atomic mass is 19.1. The molecule has 0 aliphatic carbocycles. The van der Waals surface area contributed by atoms with Crippen LogP contribution in [0.4, 0.5) is 4.39 Å². The fourth-order valence-corrected chi connectivity index (χ4v) is 0.949. The predicted octanol–water partition coefficient (Wildman–Crippen LogP) is 2.37. The van der Waals surface area contributed by atoms with Gasteiger partial charge in [0, 0.05) is 12.6 Å². The summed E-state index contributed by atoms with van der Waals surface area (Å²) in [6.45, 7) is 5.30. The lowest BCUT2D eigenvalue weighted by Gasteiger charge is -1.99. The predicted molar refractivity (Wildman–Crippen MR) is 48.0 cm³/mol. The lowest BCUT2D eigenvalue weighted by atomic mass is 10.1. The number of ketones is 1. The van der Waals surface area contributed by atoms with Gasteiger partial charge in [-0.15, -0.1) is 0 Å². The van der Waals surface area contributed by atoms with Crippen molar-refractivity contribution < 1.29 is 9.18 Å². The molecule has 0 N–H and O–H groups in total. The summed E-state index contributed by atoms with van der Waals surface area (Å²) in [6.07, 6.45) is 1.54. The second-order valence-electron chi connectivity index (χ2n) is 2.89. The summed E-state index contributed by atoms with van der Waals surface area (Å²) < 4.78 is 13.0. The van der Waals surface area contributed by atoms with Gasteiger partial charge in [-0.3, -0.25) is 9.78 Å². The van der Waals surface area contributed by atoms with Crippen LogP contribution in [-0.2, 0) is 0 Å². The highest BCUT2D eigenvalue weighted by Gasteiger charge is 2.11. The van der Waals surface area contributed by atoms with E-state index in [-0.39, 0.29) is 17.9 Å². The third kappa shape index (κ3) is 2.47. The number of carbonyl (C=O) groups excluding carboxylic acids is 1. The quantitative estimate of drug-likeness (QED) is 0.526. The second kappa shape index (κ2) is 3.94. The van der Waals surface area contributed by atoms with Gasteiger partial charge < -0.3 is 0 Å². The molecule has 0 spiro atoms. The van der Waals surface area contributed by atoms with Gasteiger partial charge in [-0.25, -0.2) is 4.39 Å². The molecular formula is C10H10FNO. The van der Waals surface area contributed by atoms with E-state index in [1.807, 2.05) is 0 Å². The fourth-order valence-electron chi connectivity index (χ4n) is 0.949. The minimum Gasteiger partial charge on any atom is -0.292 e. The molecule has 2 nitrogen and oxygen atoms in total. The minimum absolute atomic E-state index is 0.106. The summed E-state index contributed by atoms with van der Waals surface area (Å²) in [4.78, 5) is 15.0. The zero-order chi connectivity index (χ0) is 9.84. The van der Waals surface area contributed by atoms with E-state index in [2.05, 4.69) is 11.6 Å². The standard InChI is InChI=1S/C10H10FNO/c1-7(2)6-9(13)10-8(11)4-3-5-12-10/h3-5H,1,6H2,2H3. The van der Waals surface area contributed by atoms with E-state index in [9.17, 15) is 9.18 Å². The molecule has 0 aliphatic heterocycles. The average molecular weight is 179 g/mol. The third-order valence-corrected chi connectivity index (χ3v) is 1.48. The lowest BCUT2D eigenvalue weighted by molar-refractivity contribution is 0.0984. The number of allylic oxidation sites excluding steroid dienone is 1. The molecule has 0 aliphatic rings. The molecule has 0 amide bonds. The molecule has 68 valence electrons. The third-order valence-electron chi connectivity index (χ3n) is 1.48. The first-order valence-corrected chi connectivity index (χ1v) is 3.89. The van der Waals surface area contributed by atoms with Crippen LogP contribution in [0.25, 0.3) is 0 Å². The molecule has 1 rings (SSSR count). The first-order valence-electron chi connectivity index (χ1n) is 3.89. The van der Waals surface area contributed by atoms with Crippen LogP contribution in [0.2, 0.25) is 0 Å². The molecule has 3 heteroatoms. The zero-order valence-corrected chi connectivity index (χ0v) is 7.38. The molecule has 0 aromatic carbocycles. The maximum Gasteiger partial charge on any atom is 0.188 e. The van der Waals surface area contributed by atoms with Crippen molar-refractivity contribution >= 4 is 5.78 Å². The Labute approximate surface area is 76.1 Å². The Balaban J connectivity index is 2.89. The zero-order valence-electron chi connectivity index (χ0n) is 7.38. The van der Waals surface area contributed by atoms with E-state index in [4.69, 9.17) is 0 Å². The van der Waals surface area contributed by atoms with Crippen LogP contribution in [0.1, 0.15) is 23.8 Å². The second-order valence-corrected chi connectivity index (χ2v) is 2.89. The monoisotopic (exact) mass is 179 g/mol. The van der Waals surface area contributed by atoms with Crippen molar-refractivity contribution in [1.82, 2.24) is 4.98 Å². The van der Waals surface area contributed by atoms with Gasteiger partial charge in [-0.05, 0) is 19.1 Å². The highest BCUT2D eigenvalue weighted by molar-refractivity contribution is 5.95. The summed E-state index contributed by atoms with van der Waals surface area (Å²) in [6, 6.07) is 2.67. The number of pyridine rings is 1. The maximum absolute atomic E-state index is 13.0. The van der Waals surface area contributed by atoms with E-state index < -0.39 is 5.82 Å². The largest absolute Gasteiger partial charge is 0.292 e. The first-order chi connectivity index (χ1) is 6.11. The van der Waals surface area contributed by atoms with Crippen molar-refractivity contribution in [1.29, 1.82) is 0 Å². The number of hydrogen-bond donors (Lipinski definition) is 0. The van der Waals surface area contributed by atoms with Crippen molar-refractivity contribution in [2.24, 2.45) is 0 Å². The van der Waals surface area contributed by atoms with Crippen molar-refractivity contribution in [3.05, 3.63) is 42.0 Å². The highest BCUT2D eigenvalue weighted by Crippen LogP contribution is 2.08. The van der Waals surface area contributed by atoms with Crippen LogP contribution in [0.3, 0.4) is 0 Å². The summed E-state index contributed by atoms with van der Waals surface area (Å²) in [5.74, 6) is -0.903. The number of nitrogens with zero attached hydrogens (tertiary/aromatic N) is 1. The summed E-state index contributed by atoms with van der Waals surface area (Å²) >= 11 is 0. The van der Waals surface area contributed by atoms with Crippen LogP contribution < -0.4 is 0 Å². The van der Waals surface area contributed by atoms with E-state index in [1.54, 1.807) is 6.92 Å². The molecule has 0 radical (unpaired) electrons. The number of hydrogen-bond acceptors (Lipinski definition) is 2. The smallest absolute Gasteiger partial charge is 0.188 e. The Hall–Kier alpha value is -1.51. The Morgan fingerprint density at radius 2 is 2.38 bits per heavy atom. The van der Waals surface area contributed by atoms with E-state index in [1.165, 1.54) is 18.3 Å². The van der Waals surface area contributed by atoms with Gasteiger partial charge in [0.15, 0.2) is 11.6 Å². The molecule has 0 bridgehead atoms. The summed E-state index contributed by atoms with van der Waals surface area (Å²) in [5, 5.41) is 0. The average Bonchev–Trinajstić information content (AvgIpc) is 2.03. The molecule has 1 aromatic rings. The van der Waals surface area contributed by atoms with Crippen LogP contribution in [0, 0.1) is 5.82 Å². The Morgan fingerprint density at radius 1 is 1.69 bits per heavy atom. The number of rotatable bonds is 3. The number of carbonyl (C=O) groups is 1. The van der Waals surface area contributed by atoms with Crippen molar-refractivity contribution in [3.8, 4) is 0 Å². The molecule has 0 unspecified atom stereocenters. The molecule has 1 heterocycles. The summed E-state index contributed by atoms with van der Waals surface area (Å²) in [5.41, 5.74) is 0.598. The number of aromatic nitrogens is 1. The maximum atomic E-state index is 13.0. The lowest BCUT2D eigenvalue weighted by Crippen LogP contribution is -2.05. The Bertz CT molecular complexity index is 347. The van der Waals surface area contributed by atoms with Gasteiger partial charge in [0.1, 0.15) is 5.69 Å². The van der Waals surface area contributed by atoms with Crippen molar-refractivity contribution in [2.75, 3.05) is 0 Å². The normalized spacial score (nSPS) is 9.69. The fraction of sp³-hybridized carbons (Fsp3) is 0.200. The van der Waals surface area contributed by atoms with Crippen LogP contribution >= 0.6 is 0 Å². The Kier molecular flexibility index (Phi) is 2.90. The molecule has 0 atom stereocenters. The van der Waals surface area contributed by atoms with Crippen LogP contribution in [0.15, 0.2) is 30.5 Å². The molecule has 0 saturated heterocycles. The van der Waals surface area contributed by atoms with E-state index >= 15 is 0 Å². The topological polar surface area (TPSA) is 30.0 Å². The van der Waals surface area contributed by atoms with Gasteiger partial charge in [0.25, 0.3) is 0 Å². The number of Topliss-reactive ketones (excluding diaryl/α,β-unsaturated/α-hetero) is 1. The van der Waals surface area contributed by atoms with E-state index in [0.717, 1.165) is 0 Å². The first kappa shape index (κ1) is 9.58. The van der Waals surface area contributed by atoms with Gasteiger partial charge in [0.2, 0.25) is 0 Å². The van der Waals surface area contributed by atoms with Gasteiger partial charge in [-0.2, -0.15) is 0 Å². The molecule has 0 fully saturated rings. The SMILES string of the molecule is C=C(C)CC(=O)c1ncccc1F. The molecule has 13 heavy (non-hydrogen) atoms. The number of halogens is 1. The van der Waals surface area contributed by atoms with Crippen molar-refractivity contribution in [3.63, 3.8) is 0 Å². The molecule has 0 saturated carbocycles. The van der Waals surface area contributed by atoms with Crippen LogP contribution in [0.5, 0.6) is 0 Å².